The van der Waals surface area contributed by atoms with E-state index >= 15 is 0 Å². The van der Waals surface area contributed by atoms with Crippen molar-refractivity contribution in [1.82, 2.24) is 4.98 Å². The van der Waals surface area contributed by atoms with Gasteiger partial charge in [-0.2, -0.15) is 0 Å². The third kappa shape index (κ3) is 6.00. The average molecular weight is 476 g/mol. The van der Waals surface area contributed by atoms with Crippen LogP contribution < -0.4 is 0 Å². The van der Waals surface area contributed by atoms with Gasteiger partial charge >= 0.3 is 5.97 Å². The molecule has 33 heavy (non-hydrogen) atoms. The Morgan fingerprint density at radius 2 is 1.91 bits per heavy atom. The minimum Gasteiger partial charge on any atom is -0.456 e. The first kappa shape index (κ1) is 25.8. The maximum absolute atomic E-state index is 13.1. The second-order valence-corrected chi connectivity index (χ2v) is 11.3. The highest BCUT2D eigenvalue weighted by Gasteiger charge is 2.60. The zero-order valence-corrected chi connectivity index (χ0v) is 21.4. The molecule has 0 aliphatic carbocycles. The molecule has 3 heterocycles. The number of Topliss-reactive ketones (excluding diaryl/α,β-unsaturated/α-hetero) is 1. The van der Waals surface area contributed by atoms with Gasteiger partial charge < -0.3 is 14.6 Å². The number of nitrogens with zero attached hydrogens (tertiary/aromatic N) is 1. The van der Waals surface area contributed by atoms with Crippen molar-refractivity contribution < 1.29 is 24.2 Å². The van der Waals surface area contributed by atoms with E-state index in [0.717, 1.165) is 30.0 Å². The van der Waals surface area contributed by atoms with Crippen molar-refractivity contribution in [2.24, 2.45) is 17.3 Å². The zero-order valence-electron chi connectivity index (χ0n) is 20.5. The highest BCUT2D eigenvalue weighted by atomic mass is 32.1. The van der Waals surface area contributed by atoms with Gasteiger partial charge in [-0.25, -0.2) is 9.78 Å². The number of epoxide rings is 1. The van der Waals surface area contributed by atoms with Crippen LogP contribution in [0.2, 0.25) is 0 Å². The average Bonchev–Trinajstić information content (AvgIpc) is 3.28. The van der Waals surface area contributed by atoms with Crippen molar-refractivity contribution in [2.45, 2.75) is 91.1 Å². The Morgan fingerprint density at radius 3 is 2.58 bits per heavy atom. The highest BCUT2D eigenvalue weighted by molar-refractivity contribution is 7.09. The van der Waals surface area contributed by atoms with E-state index in [9.17, 15) is 14.7 Å². The number of ether oxygens (including phenoxy) is 2. The van der Waals surface area contributed by atoms with Gasteiger partial charge in [0.2, 0.25) is 0 Å². The molecule has 1 aromatic heterocycles. The van der Waals surface area contributed by atoms with Gasteiger partial charge in [0.1, 0.15) is 23.6 Å². The predicted molar refractivity (Wildman–Crippen MR) is 129 cm³/mol. The number of aromatic nitrogens is 1. The molecule has 0 radical (unpaired) electrons. The first-order valence-electron chi connectivity index (χ1n) is 11.8. The van der Waals surface area contributed by atoms with E-state index in [-0.39, 0.29) is 17.8 Å². The van der Waals surface area contributed by atoms with Crippen LogP contribution in [0.1, 0.15) is 77.1 Å². The Labute approximate surface area is 201 Å². The lowest BCUT2D eigenvalue weighted by Crippen LogP contribution is -2.38. The number of cyclic esters (lactones) is 1. The van der Waals surface area contributed by atoms with Crippen molar-refractivity contribution in [2.75, 3.05) is 0 Å². The summed E-state index contributed by atoms with van der Waals surface area (Å²) < 4.78 is 11.9. The lowest BCUT2D eigenvalue weighted by atomic mass is 9.76. The van der Waals surface area contributed by atoms with Crippen LogP contribution in [0.15, 0.2) is 29.7 Å². The van der Waals surface area contributed by atoms with Crippen LogP contribution in [0, 0.1) is 24.2 Å². The number of aryl methyl sites for hydroxylation is 1. The molecule has 1 saturated heterocycles. The Hall–Kier alpha value is -1.83. The summed E-state index contributed by atoms with van der Waals surface area (Å²) >= 11 is 1.57. The molecule has 2 aliphatic rings. The second kappa shape index (κ2) is 10.2. The summed E-state index contributed by atoms with van der Waals surface area (Å²) in [6.45, 7) is 11.2. The van der Waals surface area contributed by atoms with Gasteiger partial charge in [0.25, 0.3) is 0 Å². The van der Waals surface area contributed by atoms with Gasteiger partial charge in [-0.15, -0.1) is 11.3 Å². The molecule has 6 nitrogen and oxygen atoms in total. The number of carbonyl (C=O) groups excluding carboxylic acids is 2. The lowest BCUT2D eigenvalue weighted by molar-refractivity contribution is -0.146. The number of hydrogen-bond donors (Lipinski definition) is 1. The molecule has 2 unspecified atom stereocenters. The maximum Gasteiger partial charge on any atom is 0.330 e. The molecule has 0 saturated carbocycles. The van der Waals surface area contributed by atoms with E-state index in [2.05, 4.69) is 11.1 Å². The van der Waals surface area contributed by atoms with Crippen LogP contribution in [0.5, 0.6) is 0 Å². The van der Waals surface area contributed by atoms with Gasteiger partial charge in [-0.05, 0) is 52.9 Å². The summed E-state index contributed by atoms with van der Waals surface area (Å²) in [4.78, 5) is 30.3. The Bertz CT molecular complexity index is 920. The number of carbonyl (C=O) groups is 2. The Balaban J connectivity index is 1.81. The zero-order chi connectivity index (χ0) is 24.4. The third-order valence-electron chi connectivity index (χ3n) is 6.97. The number of aliphatic hydroxyl groups is 1. The Kier molecular flexibility index (Phi) is 7.97. The molecule has 0 spiro atoms. The third-order valence-corrected chi connectivity index (χ3v) is 7.76. The number of rotatable bonds is 2. The number of allylic oxidation sites excluding steroid dienone is 2. The standard InChI is InChI=1S/C26H37NO5S/c1-16-11-9-7-8-10-12-20(26(6)24(32-26)19-15-33-18(3)27-19)31-21(28)13-14-25(4,5)23(30)17(2)22(16)29/h8,10,13-17,20,22,24,29H,7,9,11-12H2,1-6H3/b10-8+,14-13+/t16-,17-,20-,22+,24?,26?/m0/s1. The molecule has 182 valence electrons. The minimum atomic E-state index is -0.897. The monoisotopic (exact) mass is 475 g/mol. The van der Waals surface area contributed by atoms with Crippen molar-refractivity contribution >= 4 is 23.1 Å². The van der Waals surface area contributed by atoms with E-state index in [0.29, 0.717) is 6.42 Å². The van der Waals surface area contributed by atoms with E-state index in [1.54, 1.807) is 38.2 Å². The topological polar surface area (TPSA) is 89.0 Å². The first-order chi connectivity index (χ1) is 15.5. The van der Waals surface area contributed by atoms with Crippen LogP contribution in [-0.2, 0) is 19.1 Å². The molecule has 0 amide bonds. The van der Waals surface area contributed by atoms with Gasteiger partial charge in [0, 0.05) is 29.2 Å². The Morgan fingerprint density at radius 1 is 1.18 bits per heavy atom. The lowest BCUT2D eigenvalue weighted by Gasteiger charge is -2.29. The normalized spacial score (nSPS) is 37.8. The number of aliphatic hydroxyl groups excluding tert-OH is 1. The van der Waals surface area contributed by atoms with E-state index < -0.39 is 35.1 Å². The highest BCUT2D eigenvalue weighted by Crippen LogP contribution is 2.53. The number of thiazole rings is 1. The molecule has 7 heteroatoms. The molecule has 2 aliphatic heterocycles. The van der Waals surface area contributed by atoms with Crippen LogP contribution >= 0.6 is 11.3 Å². The second-order valence-electron chi connectivity index (χ2n) is 10.2. The molecule has 1 fully saturated rings. The molecule has 0 aromatic carbocycles. The summed E-state index contributed by atoms with van der Waals surface area (Å²) in [5.41, 5.74) is -0.666. The van der Waals surface area contributed by atoms with Gasteiger partial charge in [-0.1, -0.05) is 32.1 Å². The predicted octanol–water partition coefficient (Wildman–Crippen LogP) is 5.11. The SMILES string of the molecule is Cc1nc(C2OC2(C)[C@@H]2C/C=C/CCC[C@H](C)[C@@H](O)[C@H](C)C(=O)C(C)(C)/C=C/C(=O)O2)cs1. The molecule has 1 N–H and O–H groups in total. The van der Waals surface area contributed by atoms with Crippen molar-refractivity contribution in [3.05, 3.63) is 40.4 Å². The van der Waals surface area contributed by atoms with Crippen LogP contribution in [-0.4, -0.2) is 39.7 Å². The number of ketones is 1. The quantitative estimate of drug-likeness (QED) is 0.363. The first-order valence-corrected chi connectivity index (χ1v) is 12.7. The van der Waals surface area contributed by atoms with Crippen molar-refractivity contribution in [1.29, 1.82) is 0 Å². The fourth-order valence-electron chi connectivity index (χ4n) is 4.56. The fourth-order valence-corrected chi connectivity index (χ4v) is 5.18. The van der Waals surface area contributed by atoms with Crippen LogP contribution in [0.4, 0.5) is 0 Å². The smallest absolute Gasteiger partial charge is 0.330 e. The summed E-state index contributed by atoms with van der Waals surface area (Å²) in [5.74, 6) is -1.10. The van der Waals surface area contributed by atoms with Gasteiger partial charge in [-0.3, -0.25) is 4.79 Å². The molecule has 0 bridgehead atoms. The largest absolute Gasteiger partial charge is 0.456 e. The number of esters is 1. The summed E-state index contributed by atoms with van der Waals surface area (Å²) in [5, 5.41) is 13.7. The van der Waals surface area contributed by atoms with E-state index in [1.807, 2.05) is 32.2 Å². The van der Waals surface area contributed by atoms with Crippen LogP contribution in [0.3, 0.4) is 0 Å². The van der Waals surface area contributed by atoms with Gasteiger partial charge in [0.15, 0.2) is 0 Å². The molecule has 3 rings (SSSR count). The van der Waals surface area contributed by atoms with E-state index in [1.165, 1.54) is 6.08 Å². The fraction of sp³-hybridized carbons (Fsp3) is 0.654. The van der Waals surface area contributed by atoms with E-state index in [4.69, 9.17) is 9.47 Å². The summed E-state index contributed by atoms with van der Waals surface area (Å²) in [6, 6.07) is 0. The maximum atomic E-state index is 13.1. The molecule has 1 aromatic rings. The molecular formula is C26H37NO5S. The molecular weight excluding hydrogens is 438 g/mol. The molecule has 6 atom stereocenters. The van der Waals surface area contributed by atoms with Crippen molar-refractivity contribution in [3.63, 3.8) is 0 Å². The van der Waals surface area contributed by atoms with Crippen LogP contribution in [0.25, 0.3) is 0 Å². The summed E-state index contributed by atoms with van der Waals surface area (Å²) in [7, 11) is 0. The minimum absolute atomic E-state index is 0.0175. The van der Waals surface area contributed by atoms with Crippen molar-refractivity contribution in [3.8, 4) is 0 Å². The summed E-state index contributed by atoms with van der Waals surface area (Å²) in [6.07, 6.45) is 8.81. The van der Waals surface area contributed by atoms with Gasteiger partial charge in [0.05, 0.1) is 16.8 Å². The number of hydrogen-bond acceptors (Lipinski definition) is 7.